The number of nitrogens with zero attached hydrogens (tertiary/aromatic N) is 1. The molecular weight excluding hydrogens is 194 g/mol. The van der Waals surface area contributed by atoms with E-state index in [4.69, 9.17) is 10.00 Å². The Hall–Kier alpha value is -1.12. The molecule has 0 atom stereocenters. The van der Waals surface area contributed by atoms with Crippen molar-refractivity contribution in [2.45, 2.75) is 31.9 Å². The van der Waals surface area contributed by atoms with Gasteiger partial charge in [0.15, 0.2) is 0 Å². The van der Waals surface area contributed by atoms with Gasteiger partial charge >= 0.3 is 0 Å². The van der Waals surface area contributed by atoms with Crippen LogP contribution in [-0.2, 0) is 9.53 Å². The van der Waals surface area contributed by atoms with Gasteiger partial charge in [0.2, 0.25) is 5.91 Å². The van der Waals surface area contributed by atoms with E-state index < -0.39 is 0 Å². The zero-order valence-corrected chi connectivity index (χ0v) is 8.95. The molecule has 0 aliphatic heterocycles. The largest absolute Gasteiger partial charge is 0.378 e. The molecule has 15 heavy (non-hydrogen) atoms. The smallest absolute Gasteiger partial charge is 0.234 e. The molecule has 1 saturated carbocycles. The van der Waals surface area contributed by atoms with Crippen molar-refractivity contribution in [3.05, 3.63) is 0 Å². The SMILES string of the molecule is CCOC1CC(NCC(=O)NCC#N)C1. The molecular formula is C10H17N3O2. The summed E-state index contributed by atoms with van der Waals surface area (Å²) in [6.07, 6.45) is 2.30. The molecule has 1 aliphatic rings. The summed E-state index contributed by atoms with van der Waals surface area (Å²) >= 11 is 0. The Balaban J connectivity index is 1.98. The second-order valence-electron chi connectivity index (χ2n) is 3.56. The molecule has 0 heterocycles. The lowest BCUT2D eigenvalue weighted by Gasteiger charge is -2.35. The lowest BCUT2D eigenvalue weighted by Crippen LogP contribution is -2.48. The van der Waals surface area contributed by atoms with Gasteiger partial charge in [-0.05, 0) is 19.8 Å². The van der Waals surface area contributed by atoms with Crippen molar-refractivity contribution in [2.24, 2.45) is 0 Å². The van der Waals surface area contributed by atoms with Crippen LogP contribution in [0, 0.1) is 11.3 Å². The zero-order valence-electron chi connectivity index (χ0n) is 8.95. The third-order valence-corrected chi connectivity index (χ3v) is 2.41. The van der Waals surface area contributed by atoms with Gasteiger partial charge in [0, 0.05) is 12.6 Å². The van der Waals surface area contributed by atoms with Crippen LogP contribution in [0.4, 0.5) is 0 Å². The third kappa shape index (κ3) is 4.28. The highest BCUT2D eigenvalue weighted by Gasteiger charge is 2.29. The van der Waals surface area contributed by atoms with Gasteiger partial charge in [0.05, 0.1) is 18.7 Å². The molecule has 0 aromatic rings. The molecule has 84 valence electrons. The van der Waals surface area contributed by atoms with Crippen LogP contribution in [0.2, 0.25) is 0 Å². The number of hydrogen-bond acceptors (Lipinski definition) is 4. The molecule has 0 saturated heterocycles. The van der Waals surface area contributed by atoms with Gasteiger partial charge in [-0.3, -0.25) is 4.79 Å². The number of carbonyl (C=O) groups excluding carboxylic acids is 1. The maximum Gasteiger partial charge on any atom is 0.234 e. The number of nitrogens with one attached hydrogen (secondary N) is 2. The highest BCUT2D eigenvalue weighted by Crippen LogP contribution is 2.22. The molecule has 5 heteroatoms. The van der Waals surface area contributed by atoms with Crippen LogP contribution in [0.1, 0.15) is 19.8 Å². The first-order chi connectivity index (χ1) is 7.26. The first-order valence-corrected chi connectivity index (χ1v) is 5.25. The van der Waals surface area contributed by atoms with E-state index in [0.29, 0.717) is 12.1 Å². The van der Waals surface area contributed by atoms with Crippen molar-refractivity contribution in [1.29, 1.82) is 5.26 Å². The van der Waals surface area contributed by atoms with Crippen molar-refractivity contribution >= 4 is 5.91 Å². The second-order valence-corrected chi connectivity index (χ2v) is 3.56. The summed E-state index contributed by atoms with van der Waals surface area (Å²) < 4.78 is 5.40. The third-order valence-electron chi connectivity index (χ3n) is 2.41. The fourth-order valence-electron chi connectivity index (χ4n) is 1.54. The Morgan fingerprint density at radius 1 is 1.60 bits per heavy atom. The predicted octanol–water partition coefficient (Wildman–Crippen LogP) is -0.217. The lowest BCUT2D eigenvalue weighted by molar-refractivity contribution is -0.120. The number of carbonyl (C=O) groups is 1. The van der Waals surface area contributed by atoms with Crippen LogP contribution < -0.4 is 10.6 Å². The Morgan fingerprint density at radius 3 is 2.93 bits per heavy atom. The quantitative estimate of drug-likeness (QED) is 0.596. The van der Waals surface area contributed by atoms with Crippen LogP contribution in [0.5, 0.6) is 0 Å². The van der Waals surface area contributed by atoms with Crippen molar-refractivity contribution in [3.8, 4) is 6.07 Å². The molecule has 0 bridgehead atoms. The summed E-state index contributed by atoms with van der Waals surface area (Å²) in [4.78, 5) is 11.1. The standard InChI is InChI=1S/C10H17N3O2/c1-2-15-9-5-8(6-9)13-7-10(14)12-4-3-11/h8-9,13H,2,4-7H2,1H3,(H,12,14). The highest BCUT2D eigenvalue weighted by molar-refractivity contribution is 5.78. The first-order valence-electron chi connectivity index (χ1n) is 5.25. The minimum absolute atomic E-state index is 0.0761. The number of rotatable bonds is 6. The van der Waals surface area contributed by atoms with E-state index in [9.17, 15) is 4.79 Å². The van der Waals surface area contributed by atoms with Crippen LogP contribution >= 0.6 is 0 Å². The van der Waals surface area contributed by atoms with Gasteiger partial charge in [-0.25, -0.2) is 0 Å². The molecule has 1 amide bonds. The summed E-state index contributed by atoms with van der Waals surface area (Å²) in [5.41, 5.74) is 0. The fourth-order valence-corrected chi connectivity index (χ4v) is 1.54. The fraction of sp³-hybridized carbons (Fsp3) is 0.800. The summed E-state index contributed by atoms with van der Waals surface area (Å²) in [7, 11) is 0. The molecule has 1 rings (SSSR count). The topological polar surface area (TPSA) is 74.2 Å². The number of amides is 1. The molecule has 1 aliphatic carbocycles. The van der Waals surface area contributed by atoms with Crippen molar-refractivity contribution < 1.29 is 9.53 Å². The van der Waals surface area contributed by atoms with Crippen LogP contribution in [0.15, 0.2) is 0 Å². The second kappa shape index (κ2) is 6.38. The summed E-state index contributed by atoms with van der Waals surface area (Å²) in [5, 5.41) is 13.8. The molecule has 1 fully saturated rings. The first kappa shape index (κ1) is 12.0. The van der Waals surface area contributed by atoms with Crippen molar-refractivity contribution in [1.82, 2.24) is 10.6 Å². The van der Waals surface area contributed by atoms with Gasteiger partial charge in [-0.2, -0.15) is 5.26 Å². The van der Waals surface area contributed by atoms with Gasteiger partial charge in [-0.15, -0.1) is 0 Å². The number of hydrogen-bond donors (Lipinski definition) is 2. The normalized spacial score (nSPS) is 24.0. The zero-order chi connectivity index (χ0) is 11.1. The predicted molar refractivity (Wildman–Crippen MR) is 55.1 cm³/mol. The van der Waals surface area contributed by atoms with Gasteiger partial charge in [0.1, 0.15) is 6.54 Å². The molecule has 5 nitrogen and oxygen atoms in total. The van der Waals surface area contributed by atoms with E-state index in [1.54, 1.807) is 0 Å². The summed E-state index contributed by atoms with van der Waals surface area (Å²) in [6.45, 7) is 3.09. The number of nitriles is 1. The Kier molecular flexibility index (Phi) is 5.08. The maximum absolute atomic E-state index is 11.1. The Morgan fingerprint density at radius 2 is 2.33 bits per heavy atom. The van der Waals surface area contributed by atoms with Crippen LogP contribution in [-0.4, -0.2) is 37.7 Å². The minimum atomic E-state index is -0.128. The average Bonchev–Trinajstić information content (AvgIpc) is 2.18. The van der Waals surface area contributed by atoms with E-state index in [1.165, 1.54) is 0 Å². The molecule has 0 unspecified atom stereocenters. The van der Waals surface area contributed by atoms with Gasteiger partial charge in [0.25, 0.3) is 0 Å². The van der Waals surface area contributed by atoms with E-state index in [-0.39, 0.29) is 19.0 Å². The van der Waals surface area contributed by atoms with E-state index in [1.807, 2.05) is 13.0 Å². The molecule has 0 spiro atoms. The average molecular weight is 211 g/mol. The van der Waals surface area contributed by atoms with E-state index >= 15 is 0 Å². The van der Waals surface area contributed by atoms with Crippen molar-refractivity contribution in [3.63, 3.8) is 0 Å². The van der Waals surface area contributed by atoms with Crippen molar-refractivity contribution in [2.75, 3.05) is 19.7 Å². The van der Waals surface area contributed by atoms with E-state index in [0.717, 1.165) is 19.4 Å². The highest BCUT2D eigenvalue weighted by atomic mass is 16.5. The molecule has 0 radical (unpaired) electrons. The minimum Gasteiger partial charge on any atom is -0.378 e. The monoisotopic (exact) mass is 211 g/mol. The Bertz CT molecular complexity index is 244. The molecule has 0 aromatic carbocycles. The van der Waals surface area contributed by atoms with Gasteiger partial charge < -0.3 is 15.4 Å². The lowest BCUT2D eigenvalue weighted by atomic mass is 9.89. The van der Waals surface area contributed by atoms with Gasteiger partial charge in [-0.1, -0.05) is 0 Å². The van der Waals surface area contributed by atoms with E-state index in [2.05, 4.69) is 10.6 Å². The maximum atomic E-state index is 11.1. The summed E-state index contributed by atoms with van der Waals surface area (Å²) in [5.74, 6) is -0.128. The summed E-state index contributed by atoms with van der Waals surface area (Å²) in [6, 6.07) is 2.24. The number of ether oxygens (including phenoxy) is 1. The molecule has 0 aromatic heterocycles. The van der Waals surface area contributed by atoms with Crippen LogP contribution in [0.25, 0.3) is 0 Å². The molecule has 2 N–H and O–H groups in total. The van der Waals surface area contributed by atoms with Crippen LogP contribution in [0.3, 0.4) is 0 Å². The Labute approximate surface area is 89.8 Å².